The van der Waals surface area contributed by atoms with Crippen LogP contribution in [0.3, 0.4) is 0 Å². The first-order valence-corrected chi connectivity index (χ1v) is 6.83. The van der Waals surface area contributed by atoms with E-state index in [1.54, 1.807) is 0 Å². The van der Waals surface area contributed by atoms with E-state index in [1.807, 2.05) is 61.5 Å². The summed E-state index contributed by atoms with van der Waals surface area (Å²) < 4.78 is 0. The summed E-state index contributed by atoms with van der Waals surface area (Å²) in [7, 11) is 0. The van der Waals surface area contributed by atoms with Gasteiger partial charge >= 0.3 is 0 Å². The number of benzene rings is 2. The Kier molecular flexibility index (Phi) is 3.23. The predicted octanol–water partition coefficient (Wildman–Crippen LogP) is 3.41. The highest BCUT2D eigenvalue weighted by Crippen LogP contribution is 2.54. The van der Waals surface area contributed by atoms with Gasteiger partial charge < -0.3 is 4.79 Å². The maximum absolute atomic E-state index is 12.5. The standard InChI is InChI=1S/C18H16O2/c1-12-7-9-13(10-8-12)16-15(11-19)17(16)18(20)14-5-3-2-4-6-14/h2-11,15-17H,1H3/t15-,16-,17+/m0/s1. The second-order valence-corrected chi connectivity index (χ2v) is 5.41. The Morgan fingerprint density at radius 1 is 1.00 bits per heavy atom. The van der Waals surface area contributed by atoms with Gasteiger partial charge in [0.1, 0.15) is 6.29 Å². The van der Waals surface area contributed by atoms with Gasteiger partial charge in [-0.25, -0.2) is 0 Å². The molecule has 3 rings (SSSR count). The molecule has 3 atom stereocenters. The van der Waals surface area contributed by atoms with E-state index in [0.29, 0.717) is 5.56 Å². The Bertz CT molecular complexity index is 628. The van der Waals surface area contributed by atoms with Crippen molar-refractivity contribution in [2.75, 3.05) is 0 Å². The third-order valence-electron chi connectivity index (χ3n) is 4.06. The summed E-state index contributed by atoms with van der Waals surface area (Å²) in [6.07, 6.45) is 0.927. The van der Waals surface area contributed by atoms with Gasteiger partial charge in [0.2, 0.25) is 0 Å². The molecule has 0 aliphatic heterocycles. The van der Waals surface area contributed by atoms with Crippen molar-refractivity contribution in [2.45, 2.75) is 12.8 Å². The van der Waals surface area contributed by atoms with E-state index >= 15 is 0 Å². The summed E-state index contributed by atoms with van der Waals surface area (Å²) in [5.74, 6) is -0.253. The van der Waals surface area contributed by atoms with Crippen LogP contribution in [0.5, 0.6) is 0 Å². The normalized spacial score (nSPS) is 24.1. The van der Waals surface area contributed by atoms with Crippen LogP contribution in [0.25, 0.3) is 0 Å². The molecule has 0 saturated heterocycles. The van der Waals surface area contributed by atoms with Gasteiger partial charge in [-0.3, -0.25) is 4.79 Å². The predicted molar refractivity (Wildman–Crippen MR) is 77.7 cm³/mol. The van der Waals surface area contributed by atoms with Gasteiger partial charge in [-0.1, -0.05) is 60.2 Å². The summed E-state index contributed by atoms with van der Waals surface area (Å²) in [6.45, 7) is 2.03. The molecule has 100 valence electrons. The molecule has 2 aromatic carbocycles. The number of rotatable bonds is 4. The molecule has 0 heterocycles. The van der Waals surface area contributed by atoms with Crippen molar-refractivity contribution in [2.24, 2.45) is 11.8 Å². The molecule has 0 amide bonds. The zero-order valence-corrected chi connectivity index (χ0v) is 11.3. The first-order valence-electron chi connectivity index (χ1n) is 6.83. The van der Waals surface area contributed by atoms with Crippen molar-refractivity contribution in [3.63, 3.8) is 0 Å². The molecule has 2 heteroatoms. The van der Waals surface area contributed by atoms with Crippen molar-refractivity contribution < 1.29 is 9.59 Å². The van der Waals surface area contributed by atoms with E-state index in [9.17, 15) is 9.59 Å². The average Bonchev–Trinajstić information content (AvgIpc) is 3.22. The molecule has 0 radical (unpaired) electrons. The molecule has 2 nitrogen and oxygen atoms in total. The monoisotopic (exact) mass is 264 g/mol. The minimum atomic E-state index is -0.197. The maximum Gasteiger partial charge on any atom is 0.167 e. The second kappa shape index (κ2) is 5.04. The Labute approximate surface area is 118 Å². The van der Waals surface area contributed by atoms with Crippen LogP contribution in [0.1, 0.15) is 27.4 Å². The summed E-state index contributed by atoms with van der Waals surface area (Å²) in [6, 6.07) is 17.3. The molecule has 20 heavy (non-hydrogen) atoms. The van der Waals surface area contributed by atoms with Crippen LogP contribution in [-0.4, -0.2) is 12.1 Å². The molecule has 1 fully saturated rings. The Morgan fingerprint density at radius 3 is 2.25 bits per heavy atom. The number of ketones is 1. The molecule has 0 bridgehead atoms. The van der Waals surface area contributed by atoms with Gasteiger partial charge in [-0.15, -0.1) is 0 Å². The van der Waals surface area contributed by atoms with Crippen LogP contribution in [-0.2, 0) is 4.79 Å². The van der Waals surface area contributed by atoms with Gasteiger partial charge in [0, 0.05) is 23.3 Å². The fourth-order valence-electron chi connectivity index (χ4n) is 2.85. The first kappa shape index (κ1) is 12.8. The van der Waals surface area contributed by atoms with Crippen molar-refractivity contribution >= 4 is 12.1 Å². The topological polar surface area (TPSA) is 34.1 Å². The van der Waals surface area contributed by atoms with Gasteiger partial charge in [0.25, 0.3) is 0 Å². The van der Waals surface area contributed by atoms with Crippen LogP contribution >= 0.6 is 0 Å². The van der Waals surface area contributed by atoms with Crippen molar-refractivity contribution in [1.29, 1.82) is 0 Å². The Hall–Kier alpha value is -2.22. The summed E-state index contributed by atoms with van der Waals surface area (Å²) in [5, 5.41) is 0. The molecule has 0 spiro atoms. The Morgan fingerprint density at radius 2 is 1.65 bits per heavy atom. The van der Waals surface area contributed by atoms with Crippen molar-refractivity contribution in [3.8, 4) is 0 Å². The van der Waals surface area contributed by atoms with E-state index in [0.717, 1.165) is 11.8 Å². The number of aldehydes is 1. The van der Waals surface area contributed by atoms with Gasteiger partial charge in [0.15, 0.2) is 5.78 Å². The summed E-state index contributed by atoms with van der Waals surface area (Å²) >= 11 is 0. The zero-order chi connectivity index (χ0) is 14.1. The van der Waals surface area contributed by atoms with Gasteiger partial charge in [-0.2, -0.15) is 0 Å². The number of aryl methyl sites for hydroxylation is 1. The summed E-state index contributed by atoms with van der Waals surface area (Å²) in [4.78, 5) is 23.7. The molecule has 2 aromatic rings. The lowest BCUT2D eigenvalue weighted by Crippen LogP contribution is -2.04. The number of Topliss-reactive ketones (excluding diaryl/α,β-unsaturated/α-hetero) is 1. The molecule has 1 saturated carbocycles. The minimum absolute atomic E-state index is 0.0424. The fourth-order valence-corrected chi connectivity index (χ4v) is 2.85. The van der Waals surface area contributed by atoms with E-state index in [1.165, 1.54) is 5.56 Å². The number of hydrogen-bond donors (Lipinski definition) is 0. The van der Waals surface area contributed by atoms with Crippen molar-refractivity contribution in [1.82, 2.24) is 0 Å². The average molecular weight is 264 g/mol. The van der Waals surface area contributed by atoms with E-state index in [2.05, 4.69) is 0 Å². The van der Waals surface area contributed by atoms with Crippen LogP contribution in [0.4, 0.5) is 0 Å². The smallest absolute Gasteiger partial charge is 0.167 e. The molecule has 0 N–H and O–H groups in total. The molecular weight excluding hydrogens is 248 g/mol. The van der Waals surface area contributed by atoms with Gasteiger partial charge in [0.05, 0.1) is 0 Å². The quantitative estimate of drug-likeness (QED) is 0.626. The number of carbonyl (C=O) groups excluding carboxylic acids is 2. The van der Waals surface area contributed by atoms with Crippen LogP contribution in [0.15, 0.2) is 54.6 Å². The lowest BCUT2D eigenvalue weighted by Gasteiger charge is -2.01. The fraction of sp³-hybridized carbons (Fsp3) is 0.222. The molecular formula is C18H16O2. The highest BCUT2D eigenvalue weighted by molar-refractivity contribution is 6.03. The SMILES string of the molecule is Cc1ccc([C@H]2[C@H](C=O)[C@H]2C(=O)c2ccccc2)cc1. The maximum atomic E-state index is 12.5. The largest absolute Gasteiger partial charge is 0.303 e. The van der Waals surface area contributed by atoms with Crippen LogP contribution < -0.4 is 0 Å². The number of hydrogen-bond acceptors (Lipinski definition) is 2. The zero-order valence-electron chi connectivity index (χ0n) is 11.3. The van der Waals surface area contributed by atoms with Gasteiger partial charge in [-0.05, 0) is 12.5 Å². The lowest BCUT2D eigenvalue weighted by atomic mass is 10.0. The van der Waals surface area contributed by atoms with Crippen LogP contribution in [0, 0.1) is 18.8 Å². The molecule has 1 aliphatic carbocycles. The number of carbonyl (C=O) groups is 2. The molecule has 0 aromatic heterocycles. The lowest BCUT2D eigenvalue weighted by molar-refractivity contribution is -0.109. The van der Waals surface area contributed by atoms with E-state index in [-0.39, 0.29) is 23.5 Å². The first-order chi connectivity index (χ1) is 9.72. The Balaban J connectivity index is 1.86. The highest BCUT2D eigenvalue weighted by Gasteiger charge is 2.55. The highest BCUT2D eigenvalue weighted by atomic mass is 16.1. The van der Waals surface area contributed by atoms with Crippen LogP contribution in [0.2, 0.25) is 0 Å². The van der Waals surface area contributed by atoms with E-state index < -0.39 is 0 Å². The van der Waals surface area contributed by atoms with Crippen molar-refractivity contribution in [3.05, 3.63) is 71.3 Å². The third kappa shape index (κ3) is 2.18. The molecule has 0 unspecified atom stereocenters. The third-order valence-corrected chi connectivity index (χ3v) is 4.06. The second-order valence-electron chi connectivity index (χ2n) is 5.41. The van der Waals surface area contributed by atoms with E-state index in [4.69, 9.17) is 0 Å². The molecule has 1 aliphatic rings. The minimum Gasteiger partial charge on any atom is -0.303 e. The summed E-state index contributed by atoms with van der Waals surface area (Å²) in [5.41, 5.74) is 2.96.